The van der Waals surface area contributed by atoms with Crippen LogP contribution in [0.25, 0.3) is 0 Å². The van der Waals surface area contributed by atoms with E-state index in [-0.39, 0.29) is 11.0 Å². The highest BCUT2D eigenvalue weighted by molar-refractivity contribution is 7.15. The van der Waals surface area contributed by atoms with Crippen molar-refractivity contribution in [3.8, 4) is 0 Å². The second-order valence-electron chi connectivity index (χ2n) is 7.07. The predicted octanol–water partition coefficient (Wildman–Crippen LogP) is 2.78. The van der Waals surface area contributed by atoms with E-state index in [9.17, 15) is 0 Å². The maximum atomic E-state index is 5.61. The maximum absolute atomic E-state index is 5.61. The standard InChI is InChI=1S/C15H27N3OS/c1-14(2,3)12-11(9-16-6)20-13(17-12)18-7-8-19-10-15(18,4)5/h16H,7-10H2,1-6H3. The summed E-state index contributed by atoms with van der Waals surface area (Å²) in [5.41, 5.74) is 1.31. The van der Waals surface area contributed by atoms with E-state index in [0.717, 1.165) is 31.4 Å². The molecular weight excluding hydrogens is 270 g/mol. The third-order valence-electron chi connectivity index (χ3n) is 3.61. The summed E-state index contributed by atoms with van der Waals surface area (Å²) in [7, 11) is 1.99. The average Bonchev–Trinajstić information content (AvgIpc) is 2.72. The van der Waals surface area contributed by atoms with Gasteiger partial charge in [0.2, 0.25) is 0 Å². The van der Waals surface area contributed by atoms with Crippen LogP contribution in [0.4, 0.5) is 5.13 Å². The van der Waals surface area contributed by atoms with Crippen LogP contribution in [-0.4, -0.2) is 37.3 Å². The highest BCUT2D eigenvalue weighted by atomic mass is 32.1. The summed E-state index contributed by atoms with van der Waals surface area (Å²) in [6.45, 7) is 14.5. The quantitative estimate of drug-likeness (QED) is 0.931. The van der Waals surface area contributed by atoms with Crippen molar-refractivity contribution < 1.29 is 4.74 Å². The van der Waals surface area contributed by atoms with Crippen molar-refractivity contribution in [3.05, 3.63) is 10.6 Å². The third kappa shape index (κ3) is 3.15. The van der Waals surface area contributed by atoms with Gasteiger partial charge in [-0.25, -0.2) is 4.98 Å². The third-order valence-corrected chi connectivity index (χ3v) is 4.69. The number of ether oxygens (including phenoxy) is 1. The van der Waals surface area contributed by atoms with E-state index < -0.39 is 0 Å². The Balaban J connectivity index is 2.37. The molecule has 1 aromatic heterocycles. The van der Waals surface area contributed by atoms with Gasteiger partial charge in [0.1, 0.15) is 0 Å². The van der Waals surface area contributed by atoms with Crippen LogP contribution in [0.5, 0.6) is 0 Å². The zero-order valence-corrected chi connectivity index (χ0v) is 14.4. The summed E-state index contributed by atoms with van der Waals surface area (Å²) in [4.78, 5) is 8.71. The van der Waals surface area contributed by atoms with Crippen LogP contribution in [0.3, 0.4) is 0 Å². The van der Waals surface area contributed by atoms with Gasteiger partial charge in [-0.15, -0.1) is 11.3 Å². The lowest BCUT2D eigenvalue weighted by molar-refractivity contribution is 0.0643. The van der Waals surface area contributed by atoms with Gasteiger partial charge >= 0.3 is 0 Å². The normalized spacial score (nSPS) is 19.4. The van der Waals surface area contributed by atoms with E-state index in [1.807, 2.05) is 18.4 Å². The minimum Gasteiger partial charge on any atom is -0.377 e. The van der Waals surface area contributed by atoms with E-state index in [0.29, 0.717) is 0 Å². The number of nitrogens with one attached hydrogen (secondary N) is 1. The number of aromatic nitrogens is 1. The Morgan fingerprint density at radius 3 is 2.65 bits per heavy atom. The van der Waals surface area contributed by atoms with Gasteiger partial charge in [-0.05, 0) is 20.9 Å². The highest BCUT2D eigenvalue weighted by Crippen LogP contribution is 2.37. The Kier molecular flexibility index (Phi) is 4.42. The largest absolute Gasteiger partial charge is 0.377 e. The molecule has 114 valence electrons. The number of nitrogens with zero attached hydrogens (tertiary/aromatic N) is 2. The predicted molar refractivity (Wildman–Crippen MR) is 85.8 cm³/mol. The number of anilines is 1. The van der Waals surface area contributed by atoms with E-state index >= 15 is 0 Å². The molecule has 0 atom stereocenters. The zero-order valence-electron chi connectivity index (χ0n) is 13.5. The fraction of sp³-hybridized carbons (Fsp3) is 0.800. The molecule has 1 aromatic rings. The second kappa shape index (κ2) is 5.62. The van der Waals surface area contributed by atoms with Crippen molar-refractivity contribution in [1.82, 2.24) is 10.3 Å². The fourth-order valence-electron chi connectivity index (χ4n) is 2.53. The number of hydrogen-bond donors (Lipinski definition) is 1. The summed E-state index contributed by atoms with van der Waals surface area (Å²) in [5, 5.41) is 4.39. The lowest BCUT2D eigenvalue weighted by Crippen LogP contribution is -2.53. The van der Waals surface area contributed by atoms with Gasteiger partial charge in [-0.3, -0.25) is 0 Å². The number of hydrogen-bond acceptors (Lipinski definition) is 5. The van der Waals surface area contributed by atoms with Crippen molar-refractivity contribution in [2.45, 2.75) is 52.1 Å². The first-order valence-electron chi connectivity index (χ1n) is 7.26. The Hall–Kier alpha value is -0.650. The Bertz CT molecular complexity index is 462. The molecule has 5 heteroatoms. The molecule has 20 heavy (non-hydrogen) atoms. The lowest BCUT2D eigenvalue weighted by Gasteiger charge is -2.42. The highest BCUT2D eigenvalue weighted by Gasteiger charge is 2.34. The molecule has 1 N–H and O–H groups in total. The molecule has 1 aliphatic rings. The van der Waals surface area contributed by atoms with Gasteiger partial charge in [0.15, 0.2) is 5.13 Å². The minimum atomic E-state index is 0.0160. The number of rotatable bonds is 3. The van der Waals surface area contributed by atoms with E-state index in [1.165, 1.54) is 10.6 Å². The molecule has 0 spiro atoms. The lowest BCUT2D eigenvalue weighted by atomic mass is 9.91. The smallest absolute Gasteiger partial charge is 0.186 e. The van der Waals surface area contributed by atoms with Gasteiger partial charge in [0, 0.05) is 23.4 Å². The number of morpholine rings is 1. The van der Waals surface area contributed by atoms with Crippen molar-refractivity contribution in [2.24, 2.45) is 0 Å². The molecule has 0 unspecified atom stereocenters. The van der Waals surface area contributed by atoms with Crippen LogP contribution in [0.15, 0.2) is 0 Å². The summed E-state index contributed by atoms with van der Waals surface area (Å²) in [6.07, 6.45) is 0. The monoisotopic (exact) mass is 297 g/mol. The molecule has 2 rings (SSSR count). The summed E-state index contributed by atoms with van der Waals surface area (Å²) >= 11 is 1.82. The van der Waals surface area contributed by atoms with Gasteiger partial charge in [0.05, 0.1) is 24.4 Å². The summed E-state index contributed by atoms with van der Waals surface area (Å²) in [6, 6.07) is 0. The van der Waals surface area contributed by atoms with Gasteiger partial charge in [-0.2, -0.15) is 0 Å². The van der Waals surface area contributed by atoms with Crippen LogP contribution in [0, 0.1) is 0 Å². The molecule has 1 fully saturated rings. The first kappa shape index (κ1) is 15.7. The molecule has 0 amide bonds. The molecule has 0 aromatic carbocycles. The Morgan fingerprint density at radius 2 is 2.10 bits per heavy atom. The molecule has 0 aliphatic carbocycles. The van der Waals surface area contributed by atoms with Crippen molar-refractivity contribution >= 4 is 16.5 Å². The topological polar surface area (TPSA) is 37.4 Å². The van der Waals surface area contributed by atoms with Crippen LogP contribution in [0.2, 0.25) is 0 Å². The Labute approximate surface area is 126 Å². The first-order chi connectivity index (χ1) is 9.25. The second-order valence-corrected chi connectivity index (χ2v) is 8.13. The summed E-state index contributed by atoms with van der Waals surface area (Å²) < 4.78 is 5.61. The van der Waals surface area contributed by atoms with Gasteiger partial charge in [0.25, 0.3) is 0 Å². The first-order valence-corrected chi connectivity index (χ1v) is 8.07. The van der Waals surface area contributed by atoms with Gasteiger partial charge < -0.3 is 15.0 Å². The van der Waals surface area contributed by atoms with E-state index in [4.69, 9.17) is 9.72 Å². The molecule has 4 nitrogen and oxygen atoms in total. The molecular formula is C15H27N3OS. The number of thiazole rings is 1. The van der Waals surface area contributed by atoms with Crippen molar-refractivity contribution in [2.75, 3.05) is 31.7 Å². The maximum Gasteiger partial charge on any atom is 0.186 e. The van der Waals surface area contributed by atoms with Crippen LogP contribution >= 0.6 is 11.3 Å². The molecule has 0 saturated carbocycles. The molecule has 0 bridgehead atoms. The van der Waals surface area contributed by atoms with Gasteiger partial charge in [-0.1, -0.05) is 20.8 Å². The van der Waals surface area contributed by atoms with Crippen LogP contribution in [-0.2, 0) is 16.7 Å². The van der Waals surface area contributed by atoms with Crippen molar-refractivity contribution in [3.63, 3.8) is 0 Å². The fourth-order valence-corrected chi connectivity index (χ4v) is 4.00. The van der Waals surface area contributed by atoms with Crippen LogP contribution in [0.1, 0.15) is 45.2 Å². The minimum absolute atomic E-state index is 0.0160. The SMILES string of the molecule is CNCc1sc(N2CCOCC2(C)C)nc1C(C)(C)C. The van der Waals surface area contributed by atoms with Crippen LogP contribution < -0.4 is 10.2 Å². The molecule has 1 aliphatic heterocycles. The molecule has 1 saturated heterocycles. The van der Waals surface area contributed by atoms with Crippen molar-refractivity contribution in [1.29, 1.82) is 0 Å². The Morgan fingerprint density at radius 1 is 1.40 bits per heavy atom. The summed E-state index contributed by atoms with van der Waals surface area (Å²) in [5.74, 6) is 0. The van der Waals surface area contributed by atoms with E-state index in [1.54, 1.807) is 0 Å². The zero-order chi connectivity index (χ0) is 15.0. The van der Waals surface area contributed by atoms with E-state index in [2.05, 4.69) is 44.8 Å². The molecule has 0 radical (unpaired) electrons. The average molecular weight is 297 g/mol. The molecule has 2 heterocycles.